The molecular formula is C18H18BrN3O2. The van der Waals surface area contributed by atoms with E-state index >= 15 is 0 Å². The molecular weight excluding hydrogens is 370 g/mol. The van der Waals surface area contributed by atoms with Gasteiger partial charge < -0.3 is 15.2 Å². The zero-order valence-electron chi connectivity index (χ0n) is 13.2. The summed E-state index contributed by atoms with van der Waals surface area (Å²) in [5.74, 6) is 1.45. The molecule has 0 saturated carbocycles. The van der Waals surface area contributed by atoms with E-state index in [1.807, 2.05) is 49.4 Å². The van der Waals surface area contributed by atoms with Crippen LogP contribution < -0.4 is 10.1 Å². The van der Waals surface area contributed by atoms with Crippen LogP contribution in [-0.2, 0) is 0 Å². The predicted molar refractivity (Wildman–Crippen MR) is 98.4 cm³/mol. The molecule has 0 radical (unpaired) electrons. The Morgan fingerprint density at radius 2 is 2.08 bits per heavy atom. The number of aryl methyl sites for hydroxylation is 1. The Kier molecular flexibility index (Phi) is 5.27. The van der Waals surface area contributed by atoms with Crippen molar-refractivity contribution in [2.24, 2.45) is 0 Å². The lowest BCUT2D eigenvalue weighted by Crippen LogP contribution is -2.26. The molecule has 3 aromatic rings. The summed E-state index contributed by atoms with van der Waals surface area (Å²) >= 11 is 3.45. The molecule has 2 aromatic carbocycles. The first kappa shape index (κ1) is 16.7. The van der Waals surface area contributed by atoms with Crippen molar-refractivity contribution in [2.75, 3.05) is 18.5 Å². The number of aliphatic hydroxyl groups excluding tert-OH is 1. The number of aromatic nitrogens is 2. The summed E-state index contributed by atoms with van der Waals surface area (Å²) in [7, 11) is 0. The number of benzene rings is 2. The summed E-state index contributed by atoms with van der Waals surface area (Å²) in [4.78, 5) is 8.49. The zero-order valence-corrected chi connectivity index (χ0v) is 14.8. The molecule has 1 unspecified atom stereocenters. The van der Waals surface area contributed by atoms with Crippen molar-refractivity contribution in [1.29, 1.82) is 0 Å². The van der Waals surface area contributed by atoms with Crippen LogP contribution in [0.5, 0.6) is 5.75 Å². The van der Waals surface area contributed by atoms with Gasteiger partial charge >= 0.3 is 0 Å². The number of ether oxygens (including phenoxy) is 1. The number of hydrogen-bond donors (Lipinski definition) is 2. The first-order chi connectivity index (χ1) is 11.6. The Bertz CT molecular complexity index is 841. The Hall–Kier alpha value is -2.18. The van der Waals surface area contributed by atoms with Crippen molar-refractivity contribution in [2.45, 2.75) is 13.0 Å². The normalized spacial score (nSPS) is 12.1. The smallest absolute Gasteiger partial charge is 0.137 e. The highest BCUT2D eigenvalue weighted by molar-refractivity contribution is 9.10. The van der Waals surface area contributed by atoms with Crippen molar-refractivity contribution in [3.05, 3.63) is 58.8 Å². The standard InChI is InChI=1S/C18H18BrN3O2/c1-12-3-2-4-15(7-12)24-10-14(23)9-20-18-16-8-13(19)5-6-17(16)21-11-22-18/h2-8,11,14,23H,9-10H2,1H3,(H,20,21,22). The Labute approximate surface area is 148 Å². The molecule has 24 heavy (non-hydrogen) atoms. The van der Waals surface area contributed by atoms with E-state index in [1.54, 1.807) is 0 Å². The summed E-state index contributed by atoms with van der Waals surface area (Å²) in [5, 5.41) is 14.2. The molecule has 2 N–H and O–H groups in total. The molecule has 124 valence electrons. The van der Waals surface area contributed by atoms with Crippen LogP contribution in [-0.4, -0.2) is 34.3 Å². The Morgan fingerprint density at radius 3 is 2.92 bits per heavy atom. The number of rotatable bonds is 6. The number of aliphatic hydroxyl groups is 1. The molecule has 1 atom stereocenters. The number of fused-ring (bicyclic) bond motifs is 1. The monoisotopic (exact) mass is 387 g/mol. The van der Waals surface area contributed by atoms with Crippen molar-refractivity contribution in [1.82, 2.24) is 9.97 Å². The first-order valence-electron chi connectivity index (χ1n) is 7.63. The number of halogens is 1. The lowest BCUT2D eigenvalue weighted by molar-refractivity contribution is 0.117. The quantitative estimate of drug-likeness (QED) is 0.676. The van der Waals surface area contributed by atoms with Crippen LogP contribution >= 0.6 is 15.9 Å². The number of nitrogens with one attached hydrogen (secondary N) is 1. The fourth-order valence-electron chi connectivity index (χ4n) is 2.34. The van der Waals surface area contributed by atoms with E-state index in [2.05, 4.69) is 31.2 Å². The van der Waals surface area contributed by atoms with Gasteiger partial charge in [0.05, 0.1) is 5.52 Å². The van der Waals surface area contributed by atoms with Crippen LogP contribution in [0.25, 0.3) is 10.9 Å². The van der Waals surface area contributed by atoms with Gasteiger partial charge in [-0.3, -0.25) is 0 Å². The van der Waals surface area contributed by atoms with Gasteiger partial charge in [0.2, 0.25) is 0 Å². The third-order valence-corrected chi connectivity index (χ3v) is 4.03. The molecule has 0 aliphatic carbocycles. The molecule has 0 bridgehead atoms. The van der Waals surface area contributed by atoms with Gasteiger partial charge in [-0.15, -0.1) is 0 Å². The predicted octanol–water partition coefficient (Wildman–Crippen LogP) is 3.55. The lowest BCUT2D eigenvalue weighted by atomic mass is 10.2. The highest BCUT2D eigenvalue weighted by Gasteiger charge is 2.09. The third-order valence-electron chi connectivity index (χ3n) is 3.53. The van der Waals surface area contributed by atoms with E-state index in [4.69, 9.17) is 4.74 Å². The average Bonchev–Trinajstić information content (AvgIpc) is 2.58. The van der Waals surface area contributed by atoms with Crippen LogP contribution in [0.15, 0.2) is 53.3 Å². The zero-order chi connectivity index (χ0) is 16.9. The second kappa shape index (κ2) is 7.59. The molecule has 5 nitrogen and oxygen atoms in total. The number of hydrogen-bond acceptors (Lipinski definition) is 5. The fraction of sp³-hybridized carbons (Fsp3) is 0.222. The number of anilines is 1. The van der Waals surface area contributed by atoms with Gasteiger partial charge in [0.15, 0.2) is 0 Å². The molecule has 0 fully saturated rings. The molecule has 1 heterocycles. The van der Waals surface area contributed by atoms with Gasteiger partial charge in [-0.1, -0.05) is 28.1 Å². The van der Waals surface area contributed by atoms with Gasteiger partial charge in [0.1, 0.15) is 30.6 Å². The minimum atomic E-state index is -0.650. The minimum Gasteiger partial charge on any atom is -0.491 e. The van der Waals surface area contributed by atoms with Crippen molar-refractivity contribution < 1.29 is 9.84 Å². The molecule has 0 aliphatic rings. The van der Waals surface area contributed by atoms with Gasteiger partial charge in [-0.05, 0) is 42.8 Å². The maximum absolute atomic E-state index is 10.1. The second-order valence-corrected chi connectivity index (χ2v) is 6.46. The Morgan fingerprint density at radius 1 is 1.21 bits per heavy atom. The summed E-state index contributed by atoms with van der Waals surface area (Å²) < 4.78 is 6.57. The Balaban J connectivity index is 1.60. The average molecular weight is 388 g/mol. The van der Waals surface area contributed by atoms with Crippen LogP contribution in [0.1, 0.15) is 5.56 Å². The molecule has 0 aliphatic heterocycles. The van der Waals surface area contributed by atoms with E-state index in [0.29, 0.717) is 12.4 Å². The highest BCUT2D eigenvalue weighted by Crippen LogP contribution is 2.23. The maximum Gasteiger partial charge on any atom is 0.137 e. The van der Waals surface area contributed by atoms with Crippen LogP contribution in [0, 0.1) is 6.92 Å². The molecule has 0 spiro atoms. The summed E-state index contributed by atoms with van der Waals surface area (Å²) in [6.07, 6.45) is 0.858. The van der Waals surface area contributed by atoms with Gasteiger partial charge in [-0.25, -0.2) is 9.97 Å². The van der Waals surface area contributed by atoms with Gasteiger partial charge in [0.25, 0.3) is 0 Å². The van der Waals surface area contributed by atoms with E-state index < -0.39 is 6.10 Å². The van der Waals surface area contributed by atoms with Crippen LogP contribution in [0.2, 0.25) is 0 Å². The van der Waals surface area contributed by atoms with E-state index in [-0.39, 0.29) is 6.61 Å². The maximum atomic E-state index is 10.1. The van der Waals surface area contributed by atoms with Gasteiger partial charge in [0, 0.05) is 16.4 Å². The summed E-state index contributed by atoms with van der Waals surface area (Å²) in [5.41, 5.74) is 1.97. The molecule has 0 saturated heterocycles. The molecule has 1 aromatic heterocycles. The SMILES string of the molecule is Cc1cccc(OCC(O)CNc2ncnc3ccc(Br)cc23)c1. The summed E-state index contributed by atoms with van der Waals surface area (Å²) in [6.45, 7) is 2.55. The topological polar surface area (TPSA) is 67.3 Å². The van der Waals surface area contributed by atoms with E-state index in [0.717, 1.165) is 26.7 Å². The molecule has 3 rings (SSSR count). The first-order valence-corrected chi connectivity index (χ1v) is 8.43. The number of nitrogens with zero attached hydrogens (tertiary/aromatic N) is 2. The largest absolute Gasteiger partial charge is 0.491 e. The van der Waals surface area contributed by atoms with Crippen LogP contribution in [0.3, 0.4) is 0 Å². The van der Waals surface area contributed by atoms with Crippen molar-refractivity contribution in [3.63, 3.8) is 0 Å². The highest BCUT2D eigenvalue weighted by atomic mass is 79.9. The lowest BCUT2D eigenvalue weighted by Gasteiger charge is -2.14. The second-order valence-electron chi connectivity index (χ2n) is 5.55. The third kappa shape index (κ3) is 4.21. The van der Waals surface area contributed by atoms with Crippen LogP contribution in [0.4, 0.5) is 5.82 Å². The molecule has 6 heteroatoms. The van der Waals surface area contributed by atoms with Crippen molar-refractivity contribution >= 4 is 32.7 Å². The van der Waals surface area contributed by atoms with E-state index in [9.17, 15) is 5.11 Å². The summed E-state index contributed by atoms with van der Waals surface area (Å²) in [6, 6.07) is 13.6. The fourth-order valence-corrected chi connectivity index (χ4v) is 2.70. The molecule has 0 amide bonds. The van der Waals surface area contributed by atoms with Crippen molar-refractivity contribution in [3.8, 4) is 5.75 Å². The van der Waals surface area contributed by atoms with Gasteiger partial charge in [-0.2, -0.15) is 0 Å². The minimum absolute atomic E-state index is 0.211. The van der Waals surface area contributed by atoms with E-state index in [1.165, 1.54) is 6.33 Å².